The predicted molar refractivity (Wildman–Crippen MR) is 161 cm³/mol. The lowest BCUT2D eigenvalue weighted by Gasteiger charge is -2.31. The van der Waals surface area contributed by atoms with Crippen molar-refractivity contribution in [3.8, 4) is 11.5 Å². The first kappa shape index (κ1) is 30.0. The average molecular weight is 595 g/mol. The molecule has 0 radical (unpaired) electrons. The molecule has 0 aliphatic carbocycles. The Morgan fingerprint density at radius 1 is 0.614 bits per heavy atom. The largest absolute Gasteiger partial charge is 0.458 e. The number of rotatable bonds is 10. The van der Waals surface area contributed by atoms with E-state index in [0.717, 1.165) is 11.1 Å². The molecule has 3 heterocycles. The average Bonchev–Trinajstić information content (AvgIpc) is 3.08. The summed E-state index contributed by atoms with van der Waals surface area (Å²) in [6, 6.07) is 20.3. The lowest BCUT2D eigenvalue weighted by atomic mass is 10.2. The molecule has 2 aromatic heterocycles. The molecule has 1 aliphatic heterocycles. The minimum Gasteiger partial charge on any atom is -0.458 e. The van der Waals surface area contributed by atoms with Crippen molar-refractivity contribution in [2.24, 2.45) is 10.2 Å². The van der Waals surface area contributed by atoms with E-state index in [1.54, 1.807) is 87.2 Å². The van der Waals surface area contributed by atoms with Crippen LogP contribution in [0.5, 0.6) is 11.5 Å². The third-order valence-electron chi connectivity index (χ3n) is 6.45. The maximum Gasteiger partial charge on any atom is 0.271 e. The zero-order chi connectivity index (χ0) is 30.7. The zero-order valence-corrected chi connectivity index (χ0v) is 24.0. The normalized spacial score (nSPS) is 17.0. The van der Waals surface area contributed by atoms with E-state index in [2.05, 4.69) is 31.0 Å². The molecule has 12 nitrogen and oxygen atoms in total. The summed E-state index contributed by atoms with van der Waals surface area (Å²) in [6.07, 6.45) is 4.89. The minimum absolute atomic E-state index is 0.318. The standard InChI is InChI=1S/C32H30N6O6/c1-21(23-11-15-33-16-12-23)35-37-29(39)25-3-7-27(8-4-25)43-31-32(42-20-19-41-31)44-28-9-5-26(6-10-28)30(40)38-36-22(2)24-13-17-34-18-14-24/h3-18,31-32H,19-20H2,1-2H3,(H,37,39)(H,38,40)/b35-21-,36-22-. The Hall–Kier alpha value is -5.46. The van der Waals surface area contributed by atoms with Crippen LogP contribution in [0, 0.1) is 0 Å². The molecular weight excluding hydrogens is 564 g/mol. The summed E-state index contributed by atoms with van der Waals surface area (Å²) in [7, 11) is 0. The number of nitrogens with one attached hydrogen (secondary N) is 2. The Morgan fingerprint density at radius 3 is 1.34 bits per heavy atom. The summed E-state index contributed by atoms with van der Waals surface area (Å²) < 4.78 is 23.4. The van der Waals surface area contributed by atoms with Crippen molar-refractivity contribution >= 4 is 23.2 Å². The first-order valence-corrected chi connectivity index (χ1v) is 13.7. The molecule has 5 rings (SSSR count). The molecular formula is C32H30N6O6. The molecule has 1 saturated heterocycles. The lowest BCUT2D eigenvalue weighted by molar-refractivity contribution is -0.271. The Bertz CT molecular complexity index is 1490. The monoisotopic (exact) mass is 594 g/mol. The number of nitrogens with zero attached hydrogens (tertiary/aromatic N) is 4. The van der Waals surface area contributed by atoms with Crippen LogP contribution in [-0.2, 0) is 9.47 Å². The van der Waals surface area contributed by atoms with E-state index < -0.39 is 12.6 Å². The molecule has 4 aromatic rings. The summed E-state index contributed by atoms with van der Waals surface area (Å²) >= 11 is 0. The van der Waals surface area contributed by atoms with Crippen LogP contribution in [0.4, 0.5) is 0 Å². The quantitative estimate of drug-likeness (QED) is 0.207. The SMILES string of the molecule is C/C(=N/NC(=O)c1ccc(OC2OCCOC2Oc2ccc(C(=O)N/N=C(/C)c3ccncc3)cc2)cc1)c1ccncc1. The van der Waals surface area contributed by atoms with Gasteiger partial charge in [-0.1, -0.05) is 0 Å². The van der Waals surface area contributed by atoms with Gasteiger partial charge in [0.25, 0.3) is 24.4 Å². The Kier molecular flexibility index (Phi) is 9.98. The highest BCUT2D eigenvalue weighted by molar-refractivity contribution is 6.01. The summed E-state index contributed by atoms with van der Waals surface area (Å²) in [4.78, 5) is 33.1. The summed E-state index contributed by atoms with van der Waals surface area (Å²) in [6.45, 7) is 4.23. The number of aromatic nitrogens is 2. The molecule has 2 aromatic carbocycles. The molecule has 2 atom stereocenters. The van der Waals surface area contributed by atoms with Crippen molar-refractivity contribution in [1.82, 2.24) is 20.8 Å². The number of hydrogen-bond acceptors (Lipinski definition) is 10. The Balaban J connectivity index is 1.14. The van der Waals surface area contributed by atoms with E-state index in [4.69, 9.17) is 18.9 Å². The van der Waals surface area contributed by atoms with Crippen molar-refractivity contribution in [2.75, 3.05) is 13.2 Å². The predicted octanol–water partition coefficient (Wildman–Crippen LogP) is 3.94. The molecule has 2 amide bonds. The second kappa shape index (κ2) is 14.6. The molecule has 44 heavy (non-hydrogen) atoms. The van der Waals surface area contributed by atoms with Crippen LogP contribution in [0.2, 0.25) is 0 Å². The van der Waals surface area contributed by atoms with Gasteiger partial charge in [0, 0.05) is 47.0 Å². The van der Waals surface area contributed by atoms with Crippen LogP contribution in [0.15, 0.2) is 108 Å². The number of pyridine rings is 2. The van der Waals surface area contributed by atoms with E-state index in [-0.39, 0.29) is 11.8 Å². The van der Waals surface area contributed by atoms with Gasteiger partial charge in [0.05, 0.1) is 24.6 Å². The molecule has 0 spiro atoms. The van der Waals surface area contributed by atoms with Crippen molar-refractivity contribution in [3.05, 3.63) is 120 Å². The van der Waals surface area contributed by atoms with Gasteiger partial charge >= 0.3 is 0 Å². The maximum atomic E-state index is 12.6. The van der Waals surface area contributed by atoms with E-state index in [0.29, 0.717) is 47.3 Å². The van der Waals surface area contributed by atoms with Crippen LogP contribution in [0.1, 0.15) is 45.7 Å². The fourth-order valence-corrected chi connectivity index (χ4v) is 4.02. The second-order valence-electron chi connectivity index (χ2n) is 9.51. The van der Waals surface area contributed by atoms with Crippen LogP contribution in [-0.4, -0.2) is 59.0 Å². The molecule has 1 fully saturated rings. The smallest absolute Gasteiger partial charge is 0.271 e. The maximum absolute atomic E-state index is 12.6. The van der Waals surface area contributed by atoms with Gasteiger partial charge in [0.2, 0.25) is 0 Å². The van der Waals surface area contributed by atoms with Crippen LogP contribution in [0.3, 0.4) is 0 Å². The van der Waals surface area contributed by atoms with Crippen LogP contribution in [0.25, 0.3) is 0 Å². The molecule has 0 bridgehead atoms. The third-order valence-corrected chi connectivity index (χ3v) is 6.45. The number of benzene rings is 2. The van der Waals surface area contributed by atoms with Crippen LogP contribution >= 0.6 is 0 Å². The molecule has 2 unspecified atom stereocenters. The first-order valence-electron chi connectivity index (χ1n) is 13.7. The van der Waals surface area contributed by atoms with Gasteiger partial charge in [-0.05, 0) is 86.6 Å². The van der Waals surface area contributed by atoms with Gasteiger partial charge in [-0.2, -0.15) is 10.2 Å². The van der Waals surface area contributed by atoms with E-state index in [1.165, 1.54) is 0 Å². The van der Waals surface area contributed by atoms with Gasteiger partial charge in [0.15, 0.2) is 0 Å². The third kappa shape index (κ3) is 8.09. The van der Waals surface area contributed by atoms with Gasteiger partial charge in [0.1, 0.15) is 11.5 Å². The van der Waals surface area contributed by atoms with Gasteiger partial charge in [-0.15, -0.1) is 0 Å². The molecule has 1 aliphatic rings. The van der Waals surface area contributed by atoms with Crippen molar-refractivity contribution < 1.29 is 28.5 Å². The molecule has 12 heteroatoms. The summed E-state index contributed by atoms with van der Waals surface area (Å²) in [5.41, 5.74) is 8.93. The summed E-state index contributed by atoms with van der Waals surface area (Å²) in [5.74, 6) is 0.181. The Morgan fingerprint density at radius 2 is 0.977 bits per heavy atom. The van der Waals surface area contributed by atoms with E-state index in [9.17, 15) is 9.59 Å². The summed E-state index contributed by atoms with van der Waals surface area (Å²) in [5, 5.41) is 8.31. The van der Waals surface area contributed by atoms with Crippen LogP contribution < -0.4 is 20.3 Å². The number of ether oxygens (including phenoxy) is 4. The van der Waals surface area contributed by atoms with Gasteiger partial charge in [-0.25, -0.2) is 10.9 Å². The lowest BCUT2D eigenvalue weighted by Crippen LogP contribution is -2.45. The fraction of sp³-hybridized carbons (Fsp3) is 0.188. The highest BCUT2D eigenvalue weighted by atomic mass is 16.8. The fourth-order valence-electron chi connectivity index (χ4n) is 4.02. The topological polar surface area (TPSA) is 146 Å². The molecule has 224 valence electrons. The highest BCUT2D eigenvalue weighted by Gasteiger charge is 2.31. The number of carbonyl (C=O) groups excluding carboxylic acids is 2. The number of hydrogen-bond donors (Lipinski definition) is 2. The number of amides is 2. The highest BCUT2D eigenvalue weighted by Crippen LogP contribution is 2.22. The van der Waals surface area contributed by atoms with Crippen molar-refractivity contribution in [1.29, 1.82) is 0 Å². The number of carbonyl (C=O) groups is 2. The van der Waals surface area contributed by atoms with Gasteiger partial charge in [-0.3, -0.25) is 19.6 Å². The first-order chi connectivity index (χ1) is 21.5. The minimum atomic E-state index is -0.871. The van der Waals surface area contributed by atoms with E-state index in [1.807, 2.05) is 24.3 Å². The molecule has 2 N–H and O–H groups in total. The van der Waals surface area contributed by atoms with E-state index >= 15 is 0 Å². The molecule has 0 saturated carbocycles. The second-order valence-corrected chi connectivity index (χ2v) is 9.51. The Labute approximate surface area is 253 Å². The van der Waals surface area contributed by atoms with Crippen molar-refractivity contribution in [2.45, 2.75) is 26.4 Å². The van der Waals surface area contributed by atoms with Crippen molar-refractivity contribution in [3.63, 3.8) is 0 Å². The zero-order valence-electron chi connectivity index (χ0n) is 24.0. The number of hydrazone groups is 2. The van der Waals surface area contributed by atoms with Gasteiger partial charge < -0.3 is 18.9 Å².